The molecule has 0 aliphatic heterocycles. The second kappa shape index (κ2) is 7.66. The van der Waals surface area contributed by atoms with Crippen LogP contribution in [0.5, 0.6) is 5.75 Å². The topological polar surface area (TPSA) is 35.5 Å². The molecule has 1 aliphatic carbocycles. The average Bonchev–Trinajstić information content (AvgIpc) is 2.53. The number of ether oxygens (including phenoxy) is 2. The first-order valence-electron chi connectivity index (χ1n) is 8.34. The third-order valence-corrected chi connectivity index (χ3v) is 4.71. The number of hydrogen-bond donors (Lipinski definition) is 0. The molecule has 1 aliphatic rings. The Balaban J connectivity index is 2.17. The lowest BCUT2D eigenvalue weighted by Gasteiger charge is -2.28. The Morgan fingerprint density at radius 3 is 2.73 bits per heavy atom. The van der Waals surface area contributed by atoms with E-state index < -0.39 is 0 Å². The van der Waals surface area contributed by atoms with Crippen LogP contribution in [0.25, 0.3) is 0 Å². The van der Waals surface area contributed by atoms with E-state index in [-0.39, 0.29) is 5.97 Å². The van der Waals surface area contributed by atoms with Crippen molar-refractivity contribution >= 4 is 5.97 Å². The number of carbonyl (C=O) groups is 1. The molecule has 3 nitrogen and oxygen atoms in total. The number of rotatable bonds is 6. The first-order valence-corrected chi connectivity index (χ1v) is 8.34. The molecule has 2 rings (SSSR count). The fourth-order valence-electron chi connectivity index (χ4n) is 3.47. The van der Waals surface area contributed by atoms with Gasteiger partial charge in [-0.25, -0.2) is 0 Å². The fourth-order valence-corrected chi connectivity index (χ4v) is 3.47. The average molecular weight is 304 g/mol. The van der Waals surface area contributed by atoms with E-state index in [4.69, 9.17) is 9.47 Å². The van der Waals surface area contributed by atoms with Crippen LogP contribution in [0.2, 0.25) is 0 Å². The largest absolute Gasteiger partial charge is 0.496 e. The van der Waals surface area contributed by atoms with Gasteiger partial charge in [0.15, 0.2) is 0 Å². The van der Waals surface area contributed by atoms with E-state index in [1.165, 1.54) is 36.6 Å². The van der Waals surface area contributed by atoms with Crippen LogP contribution < -0.4 is 4.74 Å². The van der Waals surface area contributed by atoms with Gasteiger partial charge in [0.25, 0.3) is 0 Å². The maximum atomic E-state index is 11.3. The number of fused-ring (bicyclic) bond motifs is 1. The molecule has 1 aromatic carbocycles. The van der Waals surface area contributed by atoms with Gasteiger partial charge in [-0.2, -0.15) is 0 Å². The number of hydrogen-bond acceptors (Lipinski definition) is 3. The molecule has 1 unspecified atom stereocenters. The van der Waals surface area contributed by atoms with Gasteiger partial charge in [-0.15, -0.1) is 0 Å². The summed E-state index contributed by atoms with van der Waals surface area (Å²) in [5.41, 5.74) is 4.20. The van der Waals surface area contributed by atoms with Crippen LogP contribution in [0.1, 0.15) is 74.5 Å². The zero-order valence-corrected chi connectivity index (χ0v) is 14.3. The summed E-state index contributed by atoms with van der Waals surface area (Å²) in [6, 6.07) is 4.58. The van der Waals surface area contributed by atoms with Crippen LogP contribution in [0, 0.1) is 0 Å². The minimum Gasteiger partial charge on any atom is -0.496 e. The summed E-state index contributed by atoms with van der Waals surface area (Å²) in [6.45, 7) is 4.42. The second-order valence-electron chi connectivity index (χ2n) is 6.51. The molecule has 22 heavy (non-hydrogen) atoms. The number of carbonyl (C=O) groups excluding carboxylic acids is 1. The monoisotopic (exact) mass is 304 g/mol. The van der Waals surface area contributed by atoms with Crippen molar-refractivity contribution < 1.29 is 14.3 Å². The number of benzene rings is 1. The lowest BCUT2D eigenvalue weighted by Crippen LogP contribution is -2.12. The minimum absolute atomic E-state index is 0.108. The van der Waals surface area contributed by atoms with Crippen LogP contribution in [0.3, 0.4) is 0 Å². The van der Waals surface area contributed by atoms with Gasteiger partial charge in [0, 0.05) is 6.42 Å². The van der Waals surface area contributed by atoms with Gasteiger partial charge < -0.3 is 9.47 Å². The van der Waals surface area contributed by atoms with E-state index in [0.29, 0.717) is 18.3 Å². The third-order valence-electron chi connectivity index (χ3n) is 4.71. The molecule has 0 saturated heterocycles. The third kappa shape index (κ3) is 3.82. The Kier molecular flexibility index (Phi) is 5.87. The SMILES string of the molecule is COC(=O)CCCC1CCCc2cc(C(C)C)c(OC)cc21. The minimum atomic E-state index is -0.108. The van der Waals surface area contributed by atoms with E-state index >= 15 is 0 Å². The molecule has 0 radical (unpaired) electrons. The highest BCUT2D eigenvalue weighted by molar-refractivity contribution is 5.69. The smallest absolute Gasteiger partial charge is 0.305 e. The quantitative estimate of drug-likeness (QED) is 0.722. The Morgan fingerprint density at radius 2 is 2.09 bits per heavy atom. The van der Waals surface area contributed by atoms with Crippen molar-refractivity contribution in [2.75, 3.05) is 14.2 Å². The van der Waals surface area contributed by atoms with E-state index in [0.717, 1.165) is 25.0 Å². The molecule has 0 N–H and O–H groups in total. The lowest BCUT2D eigenvalue weighted by molar-refractivity contribution is -0.140. The molecule has 1 aromatic rings. The molecule has 1 atom stereocenters. The van der Waals surface area contributed by atoms with Crippen LogP contribution >= 0.6 is 0 Å². The van der Waals surface area contributed by atoms with Gasteiger partial charge in [-0.3, -0.25) is 4.79 Å². The summed E-state index contributed by atoms with van der Waals surface area (Å²) in [5, 5.41) is 0. The van der Waals surface area contributed by atoms with Gasteiger partial charge in [0.2, 0.25) is 0 Å². The Morgan fingerprint density at radius 1 is 1.32 bits per heavy atom. The van der Waals surface area contributed by atoms with E-state index in [2.05, 4.69) is 26.0 Å². The van der Waals surface area contributed by atoms with E-state index in [1.54, 1.807) is 7.11 Å². The van der Waals surface area contributed by atoms with E-state index in [9.17, 15) is 4.79 Å². The molecule has 0 fully saturated rings. The summed E-state index contributed by atoms with van der Waals surface area (Å²) < 4.78 is 10.3. The fraction of sp³-hybridized carbons (Fsp3) is 0.632. The van der Waals surface area contributed by atoms with Gasteiger partial charge in [-0.1, -0.05) is 19.9 Å². The van der Waals surface area contributed by atoms with Crippen molar-refractivity contribution in [3.63, 3.8) is 0 Å². The summed E-state index contributed by atoms with van der Waals surface area (Å²) in [5.74, 6) is 1.92. The Bertz CT molecular complexity index is 520. The van der Waals surface area contributed by atoms with Crippen molar-refractivity contribution in [3.8, 4) is 5.75 Å². The number of esters is 1. The van der Waals surface area contributed by atoms with Crippen LogP contribution in [0.15, 0.2) is 12.1 Å². The van der Waals surface area contributed by atoms with Gasteiger partial charge in [0.05, 0.1) is 14.2 Å². The summed E-state index contributed by atoms with van der Waals surface area (Å²) in [7, 11) is 3.21. The molecule has 0 bridgehead atoms. The molecule has 122 valence electrons. The number of methoxy groups -OCH3 is 2. The molecule has 0 aromatic heterocycles. The molecular formula is C19H28O3. The van der Waals surface area contributed by atoms with Gasteiger partial charge >= 0.3 is 5.97 Å². The highest BCUT2D eigenvalue weighted by atomic mass is 16.5. The first-order chi connectivity index (χ1) is 10.6. The molecule has 3 heteroatoms. The maximum Gasteiger partial charge on any atom is 0.305 e. The van der Waals surface area contributed by atoms with Crippen molar-refractivity contribution in [1.82, 2.24) is 0 Å². The molecule has 0 spiro atoms. The highest BCUT2D eigenvalue weighted by Crippen LogP contribution is 2.40. The predicted molar refractivity (Wildman–Crippen MR) is 88.6 cm³/mol. The first kappa shape index (κ1) is 16.9. The summed E-state index contributed by atoms with van der Waals surface area (Å²) >= 11 is 0. The standard InChI is InChI=1S/C19H28O3/c1-13(2)16-11-15-9-5-7-14(8-6-10-19(20)22-4)17(15)12-18(16)21-3/h11-14H,5-10H2,1-4H3. The Hall–Kier alpha value is -1.51. The molecule has 0 heterocycles. The highest BCUT2D eigenvalue weighted by Gasteiger charge is 2.23. The normalized spacial score (nSPS) is 17.2. The van der Waals surface area contributed by atoms with Crippen molar-refractivity contribution in [2.24, 2.45) is 0 Å². The van der Waals surface area contributed by atoms with Crippen LogP contribution in [0.4, 0.5) is 0 Å². The van der Waals surface area contributed by atoms with Gasteiger partial charge in [-0.05, 0) is 66.7 Å². The van der Waals surface area contributed by atoms with Gasteiger partial charge in [0.1, 0.15) is 5.75 Å². The Labute approximate surface area is 134 Å². The second-order valence-corrected chi connectivity index (χ2v) is 6.51. The summed E-state index contributed by atoms with van der Waals surface area (Å²) in [4.78, 5) is 11.3. The molecule has 0 saturated carbocycles. The summed E-state index contributed by atoms with van der Waals surface area (Å²) in [6.07, 6.45) is 6.06. The van der Waals surface area contributed by atoms with Crippen molar-refractivity contribution in [1.29, 1.82) is 0 Å². The number of aryl methyl sites for hydroxylation is 1. The van der Waals surface area contributed by atoms with Crippen LogP contribution in [-0.4, -0.2) is 20.2 Å². The van der Waals surface area contributed by atoms with Crippen LogP contribution in [-0.2, 0) is 16.0 Å². The predicted octanol–water partition coefficient (Wildman–Crippen LogP) is 4.58. The zero-order valence-electron chi connectivity index (χ0n) is 14.3. The zero-order chi connectivity index (χ0) is 16.1. The molecular weight excluding hydrogens is 276 g/mol. The van der Waals surface area contributed by atoms with E-state index in [1.807, 2.05) is 0 Å². The lowest BCUT2D eigenvalue weighted by atomic mass is 9.78. The maximum absolute atomic E-state index is 11.3. The molecule has 0 amide bonds. The van der Waals surface area contributed by atoms with Crippen molar-refractivity contribution in [2.45, 2.75) is 64.2 Å². The van der Waals surface area contributed by atoms with Crippen molar-refractivity contribution in [3.05, 3.63) is 28.8 Å².